The molecule has 2 N–H and O–H groups in total. The van der Waals surface area contributed by atoms with Gasteiger partial charge in [-0.15, -0.1) is 6.58 Å². The van der Waals surface area contributed by atoms with Gasteiger partial charge in [-0.2, -0.15) is 0 Å². The number of nitrogens with zero attached hydrogens (tertiary/aromatic N) is 1. The molecule has 1 heterocycles. The summed E-state index contributed by atoms with van der Waals surface area (Å²) in [4.78, 5) is 28.7. The first-order valence-electron chi connectivity index (χ1n) is 8.36. The van der Waals surface area contributed by atoms with E-state index in [0.717, 1.165) is 29.7 Å². The highest BCUT2D eigenvalue weighted by atomic mass is 16.2. The second kappa shape index (κ2) is 8.78. The molecule has 0 saturated carbocycles. The fourth-order valence-corrected chi connectivity index (χ4v) is 2.54. The fraction of sp³-hybridized carbons (Fsp3) is 0.250. The number of para-hydroxylation sites is 1. The van der Waals surface area contributed by atoms with Crippen molar-refractivity contribution >= 4 is 17.5 Å². The largest absolute Gasteiger partial charge is 0.349 e. The number of benzene rings is 1. The molecule has 0 aliphatic carbocycles. The van der Waals surface area contributed by atoms with Crippen LogP contribution in [0.2, 0.25) is 0 Å². The number of rotatable bonds is 7. The van der Waals surface area contributed by atoms with Crippen LogP contribution in [0.15, 0.2) is 49.3 Å². The zero-order valence-corrected chi connectivity index (χ0v) is 14.6. The number of nitrogens with one attached hydrogen (secondary N) is 2. The summed E-state index contributed by atoms with van der Waals surface area (Å²) in [6.45, 7) is 8.02. The van der Waals surface area contributed by atoms with E-state index in [4.69, 9.17) is 0 Å². The minimum Gasteiger partial charge on any atom is -0.349 e. The van der Waals surface area contributed by atoms with Crippen molar-refractivity contribution in [1.82, 2.24) is 10.3 Å². The number of carbonyl (C=O) groups is 2. The zero-order valence-electron chi connectivity index (χ0n) is 14.6. The predicted octanol–water partition coefficient (Wildman–Crippen LogP) is 3.37. The van der Waals surface area contributed by atoms with Crippen molar-refractivity contribution in [3.8, 4) is 0 Å². The molecule has 0 bridgehead atoms. The van der Waals surface area contributed by atoms with Gasteiger partial charge in [0.1, 0.15) is 0 Å². The van der Waals surface area contributed by atoms with Crippen LogP contribution in [0.4, 0.5) is 5.69 Å². The molecule has 0 fully saturated rings. The Hall–Kier alpha value is -2.95. The highest BCUT2D eigenvalue weighted by Gasteiger charge is 2.14. The molecule has 25 heavy (non-hydrogen) atoms. The second-order valence-electron chi connectivity index (χ2n) is 5.57. The predicted molar refractivity (Wildman–Crippen MR) is 99.9 cm³/mol. The van der Waals surface area contributed by atoms with E-state index in [0.29, 0.717) is 17.7 Å². The maximum absolute atomic E-state index is 12.6. The highest BCUT2D eigenvalue weighted by Crippen LogP contribution is 2.23. The molecule has 0 saturated heterocycles. The fourth-order valence-electron chi connectivity index (χ4n) is 2.54. The SMILES string of the molecule is C=CCNC(=O)c1cncc(C(=O)Nc2c(CC)cccc2CC)c1. The Morgan fingerprint density at radius 2 is 1.68 bits per heavy atom. The average Bonchev–Trinajstić information content (AvgIpc) is 2.66. The third-order valence-electron chi connectivity index (χ3n) is 3.91. The number of amides is 2. The summed E-state index contributed by atoms with van der Waals surface area (Å²) in [5, 5.41) is 5.65. The van der Waals surface area contributed by atoms with Crippen LogP contribution >= 0.6 is 0 Å². The maximum atomic E-state index is 12.6. The lowest BCUT2D eigenvalue weighted by molar-refractivity contribution is 0.0957. The molecule has 0 unspecified atom stereocenters. The Morgan fingerprint density at radius 1 is 1.08 bits per heavy atom. The normalized spacial score (nSPS) is 10.2. The number of pyridine rings is 1. The first-order valence-corrected chi connectivity index (χ1v) is 8.36. The molecule has 0 atom stereocenters. The van der Waals surface area contributed by atoms with Gasteiger partial charge in [0.25, 0.3) is 11.8 Å². The van der Waals surface area contributed by atoms with Crippen molar-refractivity contribution in [2.45, 2.75) is 26.7 Å². The Balaban J connectivity index is 2.25. The van der Waals surface area contributed by atoms with Crippen molar-refractivity contribution in [2.24, 2.45) is 0 Å². The van der Waals surface area contributed by atoms with E-state index in [1.165, 1.54) is 12.4 Å². The lowest BCUT2D eigenvalue weighted by atomic mass is 10.0. The van der Waals surface area contributed by atoms with Gasteiger partial charge in [0.05, 0.1) is 11.1 Å². The Bertz CT molecular complexity index is 762. The molecule has 0 radical (unpaired) electrons. The van der Waals surface area contributed by atoms with Crippen LogP contribution in [-0.4, -0.2) is 23.3 Å². The molecule has 2 aromatic rings. The Kier molecular flexibility index (Phi) is 6.46. The summed E-state index contributed by atoms with van der Waals surface area (Å²) >= 11 is 0. The summed E-state index contributed by atoms with van der Waals surface area (Å²) in [6.07, 6.45) is 6.14. The van der Waals surface area contributed by atoms with Gasteiger partial charge >= 0.3 is 0 Å². The first-order chi connectivity index (χ1) is 12.1. The van der Waals surface area contributed by atoms with Gasteiger partial charge in [-0.1, -0.05) is 38.1 Å². The molecule has 0 aliphatic rings. The van der Waals surface area contributed by atoms with Crippen molar-refractivity contribution in [1.29, 1.82) is 0 Å². The molecule has 1 aromatic carbocycles. The van der Waals surface area contributed by atoms with Crippen LogP contribution in [0.25, 0.3) is 0 Å². The molecule has 5 nitrogen and oxygen atoms in total. The standard InChI is InChI=1S/C20H23N3O2/c1-4-10-22-19(24)16-11-17(13-21-12-16)20(25)23-18-14(5-2)8-7-9-15(18)6-3/h4,7-9,11-13H,1,5-6,10H2,2-3H3,(H,22,24)(H,23,25). The van der Waals surface area contributed by atoms with E-state index in [-0.39, 0.29) is 11.8 Å². The minimum atomic E-state index is -0.287. The van der Waals surface area contributed by atoms with Gasteiger partial charge in [-0.25, -0.2) is 0 Å². The maximum Gasteiger partial charge on any atom is 0.257 e. The zero-order chi connectivity index (χ0) is 18.2. The van der Waals surface area contributed by atoms with Gasteiger partial charge in [0, 0.05) is 24.6 Å². The van der Waals surface area contributed by atoms with Crippen molar-refractivity contribution in [3.05, 3.63) is 71.6 Å². The third kappa shape index (κ3) is 4.53. The first kappa shape index (κ1) is 18.4. The average molecular weight is 337 g/mol. The minimum absolute atomic E-state index is 0.276. The summed E-state index contributed by atoms with van der Waals surface area (Å²) < 4.78 is 0. The number of carbonyl (C=O) groups excluding carboxylic acids is 2. The Labute approximate surface area is 148 Å². The van der Waals surface area contributed by atoms with Crippen molar-refractivity contribution < 1.29 is 9.59 Å². The number of anilines is 1. The molecule has 2 amide bonds. The number of hydrogen-bond donors (Lipinski definition) is 2. The molecule has 2 rings (SSSR count). The molecule has 0 aliphatic heterocycles. The molecule has 1 aromatic heterocycles. The summed E-state index contributed by atoms with van der Waals surface area (Å²) in [7, 11) is 0. The van der Waals surface area contributed by atoms with E-state index >= 15 is 0 Å². The second-order valence-corrected chi connectivity index (χ2v) is 5.57. The third-order valence-corrected chi connectivity index (χ3v) is 3.91. The number of hydrogen-bond acceptors (Lipinski definition) is 3. The van der Waals surface area contributed by atoms with Crippen LogP contribution in [0.1, 0.15) is 45.7 Å². The van der Waals surface area contributed by atoms with Crippen LogP contribution in [0.3, 0.4) is 0 Å². The van der Waals surface area contributed by atoms with Crippen LogP contribution in [0.5, 0.6) is 0 Å². The van der Waals surface area contributed by atoms with Crippen molar-refractivity contribution in [2.75, 3.05) is 11.9 Å². The van der Waals surface area contributed by atoms with Gasteiger partial charge in [-0.05, 0) is 30.0 Å². The van der Waals surface area contributed by atoms with Gasteiger partial charge in [-0.3, -0.25) is 14.6 Å². The lowest BCUT2D eigenvalue weighted by Crippen LogP contribution is -2.24. The molecular weight excluding hydrogens is 314 g/mol. The highest BCUT2D eigenvalue weighted by molar-refractivity contribution is 6.06. The van der Waals surface area contributed by atoms with Gasteiger partial charge in [0.15, 0.2) is 0 Å². The molecule has 130 valence electrons. The van der Waals surface area contributed by atoms with Crippen LogP contribution < -0.4 is 10.6 Å². The van der Waals surface area contributed by atoms with Gasteiger partial charge in [0.2, 0.25) is 0 Å². The smallest absolute Gasteiger partial charge is 0.257 e. The summed E-state index contributed by atoms with van der Waals surface area (Å²) in [6, 6.07) is 7.55. The molecule has 0 spiro atoms. The van der Waals surface area contributed by atoms with Crippen molar-refractivity contribution in [3.63, 3.8) is 0 Å². The van der Waals surface area contributed by atoms with Gasteiger partial charge < -0.3 is 10.6 Å². The quantitative estimate of drug-likeness (QED) is 0.761. The summed E-state index contributed by atoms with van der Waals surface area (Å²) in [5.41, 5.74) is 3.70. The lowest BCUT2D eigenvalue weighted by Gasteiger charge is -2.14. The van der Waals surface area contributed by atoms with Crippen LogP contribution in [-0.2, 0) is 12.8 Å². The van der Waals surface area contributed by atoms with E-state index < -0.39 is 0 Å². The van der Waals surface area contributed by atoms with E-state index in [1.807, 2.05) is 18.2 Å². The van der Waals surface area contributed by atoms with E-state index in [1.54, 1.807) is 12.1 Å². The van der Waals surface area contributed by atoms with E-state index in [2.05, 4.69) is 36.0 Å². The monoisotopic (exact) mass is 337 g/mol. The number of aryl methyl sites for hydroxylation is 2. The Morgan fingerprint density at radius 3 is 2.24 bits per heavy atom. The number of aromatic nitrogens is 1. The van der Waals surface area contributed by atoms with Crippen LogP contribution in [0, 0.1) is 0 Å². The molecular formula is C20H23N3O2. The molecule has 5 heteroatoms. The topological polar surface area (TPSA) is 71.1 Å². The summed E-state index contributed by atoms with van der Waals surface area (Å²) in [5.74, 6) is -0.563. The van der Waals surface area contributed by atoms with E-state index in [9.17, 15) is 9.59 Å².